The summed E-state index contributed by atoms with van der Waals surface area (Å²) in [6, 6.07) is 1.34. The van der Waals surface area contributed by atoms with Crippen LogP contribution in [-0.2, 0) is 7.05 Å². The number of nitrogens with zero attached hydrogens (tertiary/aromatic N) is 3. The van der Waals surface area contributed by atoms with Crippen LogP contribution in [0.25, 0.3) is 0 Å². The van der Waals surface area contributed by atoms with E-state index in [9.17, 15) is 9.59 Å². The van der Waals surface area contributed by atoms with Gasteiger partial charge in [-0.2, -0.15) is 5.10 Å². The zero-order chi connectivity index (χ0) is 13.0. The number of H-pyrrole nitrogens is 1. The number of aromatic nitrogens is 2. The summed E-state index contributed by atoms with van der Waals surface area (Å²) in [5, 5.41) is 5.61. The lowest BCUT2D eigenvalue weighted by Crippen LogP contribution is -2.33. The fourth-order valence-corrected chi connectivity index (χ4v) is 1.16. The Hall–Kier alpha value is -1.85. The lowest BCUT2D eigenvalue weighted by molar-refractivity contribution is 0.688. The van der Waals surface area contributed by atoms with Crippen molar-refractivity contribution in [1.82, 2.24) is 9.55 Å². The molecule has 0 aromatic carbocycles. The average Bonchev–Trinajstić information content (AvgIpc) is 2.24. The molecule has 17 heavy (non-hydrogen) atoms. The first-order chi connectivity index (χ1) is 7.91. The van der Waals surface area contributed by atoms with Crippen LogP contribution in [0.2, 0.25) is 0 Å². The Balaban J connectivity index is 2.90. The molecular formula is C11H18N4O2. The summed E-state index contributed by atoms with van der Waals surface area (Å²) in [4.78, 5) is 25.4. The molecule has 94 valence electrons. The van der Waals surface area contributed by atoms with Crippen LogP contribution in [0.3, 0.4) is 0 Å². The maximum atomic E-state index is 11.4. The second kappa shape index (κ2) is 5.47. The zero-order valence-corrected chi connectivity index (χ0v) is 10.6. The molecule has 0 atom stereocenters. The molecule has 0 saturated heterocycles. The molecule has 0 amide bonds. The number of hydrogen-bond acceptors (Lipinski definition) is 4. The normalized spacial score (nSPS) is 11.4. The topological polar surface area (TPSA) is 70.5 Å². The highest BCUT2D eigenvalue weighted by atomic mass is 16.2. The molecule has 0 aliphatic rings. The summed E-state index contributed by atoms with van der Waals surface area (Å²) in [7, 11) is 3.11. The van der Waals surface area contributed by atoms with E-state index in [0.29, 0.717) is 11.7 Å². The highest BCUT2D eigenvalue weighted by molar-refractivity contribution is 5.59. The number of rotatable bonds is 4. The summed E-state index contributed by atoms with van der Waals surface area (Å²) < 4.78 is 1.01. The summed E-state index contributed by atoms with van der Waals surface area (Å²) >= 11 is 0. The molecule has 1 aromatic rings. The maximum absolute atomic E-state index is 11.4. The first kappa shape index (κ1) is 13.2. The third kappa shape index (κ3) is 3.58. The van der Waals surface area contributed by atoms with Crippen molar-refractivity contribution in [1.29, 1.82) is 0 Å². The van der Waals surface area contributed by atoms with E-state index in [1.165, 1.54) is 18.1 Å². The van der Waals surface area contributed by atoms with Gasteiger partial charge in [0.1, 0.15) is 5.82 Å². The van der Waals surface area contributed by atoms with E-state index in [2.05, 4.69) is 23.9 Å². The highest BCUT2D eigenvalue weighted by Crippen LogP contribution is 2.03. The maximum Gasteiger partial charge on any atom is 0.329 e. The molecule has 0 bridgehead atoms. The van der Waals surface area contributed by atoms with E-state index in [4.69, 9.17) is 0 Å². The molecule has 0 unspecified atom stereocenters. The molecule has 0 aliphatic carbocycles. The van der Waals surface area contributed by atoms with Crippen molar-refractivity contribution in [2.45, 2.75) is 20.3 Å². The van der Waals surface area contributed by atoms with Crippen LogP contribution in [0.5, 0.6) is 0 Å². The standard InChI is InChI=1S/C11H18N4O2/c1-8(2)5-6-12-15(4)9-7-10(16)14(3)11(17)13-9/h6-8H,5H2,1-4H3,(H,13,17). The quantitative estimate of drug-likeness (QED) is 0.615. The molecule has 0 spiro atoms. The van der Waals surface area contributed by atoms with Gasteiger partial charge in [-0.3, -0.25) is 19.4 Å². The van der Waals surface area contributed by atoms with Crippen LogP contribution < -0.4 is 16.3 Å². The summed E-state index contributed by atoms with van der Waals surface area (Å²) in [5.41, 5.74) is -0.798. The second-order valence-electron chi connectivity index (χ2n) is 4.31. The third-order valence-corrected chi connectivity index (χ3v) is 2.31. The average molecular weight is 238 g/mol. The molecule has 1 N–H and O–H groups in total. The van der Waals surface area contributed by atoms with Crippen LogP contribution in [-0.4, -0.2) is 22.8 Å². The Labute approximate surface area is 99.6 Å². The summed E-state index contributed by atoms with van der Waals surface area (Å²) in [5.74, 6) is 0.910. The molecule has 0 aliphatic heterocycles. The molecule has 6 heteroatoms. The fourth-order valence-electron chi connectivity index (χ4n) is 1.16. The van der Waals surface area contributed by atoms with Gasteiger partial charge in [0.05, 0.1) is 0 Å². The van der Waals surface area contributed by atoms with E-state index >= 15 is 0 Å². The van der Waals surface area contributed by atoms with E-state index in [1.807, 2.05) is 0 Å². The fraction of sp³-hybridized carbons (Fsp3) is 0.545. The smallest absolute Gasteiger partial charge is 0.292 e. The molecule has 0 saturated carbocycles. The van der Waals surface area contributed by atoms with Gasteiger partial charge in [-0.25, -0.2) is 4.79 Å². The van der Waals surface area contributed by atoms with Gasteiger partial charge in [0.2, 0.25) is 0 Å². The lowest BCUT2D eigenvalue weighted by Gasteiger charge is -2.12. The van der Waals surface area contributed by atoms with Gasteiger partial charge in [0, 0.05) is 26.4 Å². The van der Waals surface area contributed by atoms with Crippen molar-refractivity contribution in [2.24, 2.45) is 18.1 Å². The van der Waals surface area contributed by atoms with E-state index in [1.54, 1.807) is 13.3 Å². The minimum Gasteiger partial charge on any atom is -0.292 e. The Morgan fingerprint density at radius 3 is 2.71 bits per heavy atom. The largest absolute Gasteiger partial charge is 0.329 e. The van der Waals surface area contributed by atoms with Gasteiger partial charge >= 0.3 is 5.69 Å². The first-order valence-electron chi connectivity index (χ1n) is 5.48. The number of aromatic amines is 1. The van der Waals surface area contributed by atoms with Gasteiger partial charge in [-0.05, 0) is 12.3 Å². The number of anilines is 1. The van der Waals surface area contributed by atoms with Gasteiger partial charge in [0.15, 0.2) is 0 Å². The zero-order valence-electron chi connectivity index (χ0n) is 10.6. The molecule has 1 heterocycles. The van der Waals surface area contributed by atoms with E-state index < -0.39 is 5.69 Å². The highest BCUT2D eigenvalue weighted by Gasteiger charge is 2.03. The van der Waals surface area contributed by atoms with Crippen molar-refractivity contribution < 1.29 is 0 Å². The Kier molecular flexibility index (Phi) is 4.25. The molecule has 1 aromatic heterocycles. The lowest BCUT2D eigenvalue weighted by atomic mass is 10.2. The van der Waals surface area contributed by atoms with Crippen molar-refractivity contribution in [3.05, 3.63) is 26.9 Å². The van der Waals surface area contributed by atoms with Crippen LogP contribution in [0.4, 0.5) is 5.82 Å². The van der Waals surface area contributed by atoms with Crippen LogP contribution in [0.15, 0.2) is 20.8 Å². The monoisotopic (exact) mass is 238 g/mol. The number of hydrazone groups is 1. The Morgan fingerprint density at radius 2 is 2.18 bits per heavy atom. The molecular weight excluding hydrogens is 220 g/mol. The van der Waals surface area contributed by atoms with Crippen LogP contribution >= 0.6 is 0 Å². The van der Waals surface area contributed by atoms with Crippen LogP contribution in [0, 0.1) is 5.92 Å². The van der Waals surface area contributed by atoms with Gasteiger partial charge in [-0.15, -0.1) is 0 Å². The van der Waals surface area contributed by atoms with Gasteiger partial charge in [-0.1, -0.05) is 13.8 Å². The molecule has 0 fully saturated rings. The minimum absolute atomic E-state index is 0.352. The van der Waals surface area contributed by atoms with Crippen LogP contribution in [0.1, 0.15) is 20.3 Å². The minimum atomic E-state index is -0.446. The molecule has 0 radical (unpaired) electrons. The van der Waals surface area contributed by atoms with Gasteiger partial charge in [0.25, 0.3) is 5.56 Å². The predicted molar refractivity (Wildman–Crippen MR) is 68.7 cm³/mol. The van der Waals surface area contributed by atoms with Crippen molar-refractivity contribution >= 4 is 12.0 Å². The third-order valence-electron chi connectivity index (χ3n) is 2.31. The van der Waals surface area contributed by atoms with Crippen molar-refractivity contribution in [2.75, 3.05) is 12.1 Å². The second-order valence-corrected chi connectivity index (χ2v) is 4.31. The van der Waals surface area contributed by atoms with Crippen molar-refractivity contribution in [3.8, 4) is 0 Å². The van der Waals surface area contributed by atoms with E-state index in [-0.39, 0.29) is 5.56 Å². The Morgan fingerprint density at radius 1 is 1.53 bits per heavy atom. The van der Waals surface area contributed by atoms with Gasteiger partial charge < -0.3 is 0 Å². The predicted octanol–water partition coefficient (Wildman–Crippen LogP) is 0.542. The van der Waals surface area contributed by atoms with Crippen molar-refractivity contribution in [3.63, 3.8) is 0 Å². The summed E-state index contributed by atoms with van der Waals surface area (Å²) in [6.07, 6.45) is 2.61. The SMILES string of the molecule is CC(C)CC=NN(C)c1cc(=O)n(C)c(=O)[nH]1. The first-order valence-corrected chi connectivity index (χ1v) is 5.48. The number of nitrogens with one attached hydrogen (secondary N) is 1. The summed E-state index contributed by atoms with van der Waals surface area (Å²) in [6.45, 7) is 4.18. The Bertz CT molecular complexity index is 482. The molecule has 1 rings (SSSR count). The van der Waals surface area contributed by atoms with E-state index in [0.717, 1.165) is 11.0 Å². The number of hydrogen-bond donors (Lipinski definition) is 1. The molecule has 6 nitrogen and oxygen atoms in total.